The van der Waals surface area contributed by atoms with E-state index in [9.17, 15) is 13.6 Å². The van der Waals surface area contributed by atoms with Gasteiger partial charge in [0.15, 0.2) is 0 Å². The Hall–Kier alpha value is -3.54. The minimum atomic E-state index is -0.666. The first-order valence-electron chi connectivity index (χ1n) is 9.37. The Morgan fingerprint density at radius 2 is 1.83 bits per heavy atom. The molecule has 3 aromatic carbocycles. The normalized spacial score (nSPS) is 13.1. The van der Waals surface area contributed by atoms with Crippen LogP contribution in [0.5, 0.6) is 0 Å². The van der Waals surface area contributed by atoms with Crippen LogP contribution in [-0.2, 0) is 6.42 Å². The number of aromatic nitrogens is 2. The molecule has 4 aromatic rings. The number of hydrogen-bond acceptors (Lipinski definition) is 2. The third kappa shape index (κ3) is 2.79. The minimum absolute atomic E-state index is 0.0861. The highest BCUT2D eigenvalue weighted by atomic mass is 19.1. The standard InChI is InChI=1S/C23H17F2N3O/c1-14-26-19-12-16(23(29)27-11-10-15-4-2-3-5-20(15)27)6-8-22(19)28(14)21-9-7-17(24)13-18(21)25/h2-9,12-13H,10-11H2,1H3. The van der Waals surface area contributed by atoms with Gasteiger partial charge < -0.3 is 4.90 Å². The second kappa shape index (κ2) is 6.51. The fourth-order valence-electron chi connectivity index (χ4n) is 4.01. The van der Waals surface area contributed by atoms with Crippen LogP contribution >= 0.6 is 0 Å². The molecule has 4 nitrogen and oxygen atoms in total. The number of nitrogens with zero attached hydrogens (tertiary/aromatic N) is 3. The molecule has 1 aliphatic rings. The number of carbonyl (C=O) groups excluding carboxylic acids is 1. The van der Waals surface area contributed by atoms with Crippen LogP contribution in [0.25, 0.3) is 16.7 Å². The lowest BCUT2D eigenvalue weighted by atomic mass is 10.1. The van der Waals surface area contributed by atoms with Crippen LogP contribution < -0.4 is 4.90 Å². The highest BCUT2D eigenvalue weighted by molar-refractivity contribution is 6.08. The molecule has 0 bridgehead atoms. The van der Waals surface area contributed by atoms with Gasteiger partial charge in [-0.1, -0.05) is 18.2 Å². The molecule has 0 saturated carbocycles. The van der Waals surface area contributed by atoms with Crippen molar-refractivity contribution in [2.75, 3.05) is 11.4 Å². The first-order chi connectivity index (χ1) is 14.0. The number of halogens is 2. The van der Waals surface area contributed by atoms with E-state index < -0.39 is 11.6 Å². The van der Waals surface area contributed by atoms with Gasteiger partial charge in [-0.15, -0.1) is 0 Å². The number of rotatable bonds is 2. The average molecular weight is 389 g/mol. The lowest BCUT2D eigenvalue weighted by Gasteiger charge is -2.17. The molecular weight excluding hydrogens is 372 g/mol. The van der Waals surface area contributed by atoms with Crippen molar-refractivity contribution in [2.45, 2.75) is 13.3 Å². The Morgan fingerprint density at radius 3 is 2.66 bits per heavy atom. The van der Waals surface area contributed by atoms with Crippen molar-refractivity contribution in [1.29, 1.82) is 0 Å². The fourth-order valence-corrected chi connectivity index (χ4v) is 4.01. The Morgan fingerprint density at radius 1 is 1.00 bits per heavy atom. The van der Waals surface area contributed by atoms with Crippen molar-refractivity contribution in [3.63, 3.8) is 0 Å². The molecule has 0 unspecified atom stereocenters. The van der Waals surface area contributed by atoms with Crippen molar-refractivity contribution >= 4 is 22.6 Å². The average Bonchev–Trinajstić information content (AvgIpc) is 3.28. The number of fused-ring (bicyclic) bond motifs is 2. The number of imidazole rings is 1. The van der Waals surface area contributed by atoms with Crippen LogP contribution in [0.3, 0.4) is 0 Å². The topological polar surface area (TPSA) is 38.1 Å². The van der Waals surface area contributed by atoms with E-state index in [1.165, 1.54) is 12.1 Å². The zero-order chi connectivity index (χ0) is 20.1. The number of benzene rings is 3. The van der Waals surface area contributed by atoms with E-state index in [1.807, 2.05) is 24.3 Å². The van der Waals surface area contributed by atoms with Crippen molar-refractivity contribution in [2.24, 2.45) is 0 Å². The van der Waals surface area contributed by atoms with Crippen LogP contribution in [0, 0.1) is 18.6 Å². The molecule has 2 heterocycles. The SMILES string of the molecule is Cc1nc2cc(C(=O)N3CCc4ccccc43)ccc2n1-c1ccc(F)cc1F. The maximum atomic E-state index is 14.3. The Labute approximate surface area is 166 Å². The summed E-state index contributed by atoms with van der Waals surface area (Å²) >= 11 is 0. The van der Waals surface area contributed by atoms with E-state index in [-0.39, 0.29) is 11.6 Å². The first kappa shape index (κ1) is 17.6. The van der Waals surface area contributed by atoms with E-state index in [4.69, 9.17) is 0 Å². The van der Waals surface area contributed by atoms with Gasteiger partial charge in [-0.3, -0.25) is 9.36 Å². The number of aryl methyl sites for hydroxylation is 1. The summed E-state index contributed by atoms with van der Waals surface area (Å²) in [6.45, 7) is 2.39. The number of carbonyl (C=O) groups is 1. The van der Waals surface area contributed by atoms with Gasteiger partial charge in [-0.2, -0.15) is 0 Å². The Kier molecular flexibility index (Phi) is 3.94. The second-order valence-electron chi connectivity index (χ2n) is 7.13. The van der Waals surface area contributed by atoms with Gasteiger partial charge in [0.1, 0.15) is 17.5 Å². The number of para-hydroxylation sites is 1. The largest absolute Gasteiger partial charge is 0.308 e. The summed E-state index contributed by atoms with van der Waals surface area (Å²) in [6.07, 6.45) is 0.835. The van der Waals surface area contributed by atoms with Gasteiger partial charge in [0.05, 0.1) is 16.7 Å². The van der Waals surface area contributed by atoms with E-state index in [2.05, 4.69) is 4.98 Å². The van der Waals surface area contributed by atoms with Crippen molar-refractivity contribution in [1.82, 2.24) is 9.55 Å². The maximum absolute atomic E-state index is 14.3. The molecule has 1 aliphatic heterocycles. The lowest BCUT2D eigenvalue weighted by molar-refractivity contribution is 0.0989. The number of amides is 1. The summed E-state index contributed by atoms with van der Waals surface area (Å²) in [5.41, 5.74) is 4.09. The minimum Gasteiger partial charge on any atom is -0.308 e. The van der Waals surface area contributed by atoms with Crippen molar-refractivity contribution in [3.05, 3.63) is 89.2 Å². The van der Waals surface area contributed by atoms with Gasteiger partial charge in [0, 0.05) is 23.9 Å². The molecule has 0 fully saturated rings. The third-order valence-corrected chi connectivity index (χ3v) is 5.35. The van der Waals surface area contributed by atoms with Crippen LogP contribution in [0.15, 0.2) is 60.7 Å². The zero-order valence-corrected chi connectivity index (χ0v) is 15.7. The quantitative estimate of drug-likeness (QED) is 0.493. The number of hydrogen-bond donors (Lipinski definition) is 0. The summed E-state index contributed by atoms with van der Waals surface area (Å²) in [5, 5.41) is 0. The van der Waals surface area contributed by atoms with Gasteiger partial charge in [0.2, 0.25) is 0 Å². The molecular formula is C23H17F2N3O. The van der Waals surface area contributed by atoms with Gasteiger partial charge in [-0.05, 0) is 55.3 Å². The summed E-state index contributed by atoms with van der Waals surface area (Å²) in [4.78, 5) is 19.4. The summed E-state index contributed by atoms with van der Waals surface area (Å²) < 4.78 is 29.2. The monoisotopic (exact) mass is 389 g/mol. The molecule has 0 spiro atoms. The van der Waals surface area contributed by atoms with Gasteiger partial charge in [0.25, 0.3) is 5.91 Å². The van der Waals surface area contributed by atoms with E-state index in [0.717, 1.165) is 23.7 Å². The summed E-state index contributed by atoms with van der Waals surface area (Å²) in [6, 6.07) is 16.6. The van der Waals surface area contributed by atoms with Gasteiger partial charge >= 0.3 is 0 Å². The fraction of sp³-hybridized carbons (Fsp3) is 0.130. The molecule has 144 valence electrons. The smallest absolute Gasteiger partial charge is 0.258 e. The molecule has 5 rings (SSSR count). The number of anilines is 1. The van der Waals surface area contributed by atoms with Crippen LogP contribution in [0.2, 0.25) is 0 Å². The van der Waals surface area contributed by atoms with Crippen LogP contribution in [0.4, 0.5) is 14.5 Å². The van der Waals surface area contributed by atoms with E-state index in [0.29, 0.717) is 29.0 Å². The molecule has 0 saturated heterocycles. The zero-order valence-electron chi connectivity index (χ0n) is 15.7. The highest BCUT2D eigenvalue weighted by Crippen LogP contribution is 2.30. The Bertz CT molecular complexity index is 1280. The molecule has 0 aliphatic carbocycles. The molecule has 0 radical (unpaired) electrons. The third-order valence-electron chi connectivity index (χ3n) is 5.35. The predicted molar refractivity (Wildman–Crippen MR) is 108 cm³/mol. The first-order valence-corrected chi connectivity index (χ1v) is 9.37. The maximum Gasteiger partial charge on any atom is 0.258 e. The van der Waals surface area contributed by atoms with E-state index in [1.54, 1.807) is 34.6 Å². The summed E-state index contributed by atoms with van der Waals surface area (Å²) in [5.74, 6) is -0.827. The second-order valence-corrected chi connectivity index (χ2v) is 7.13. The van der Waals surface area contributed by atoms with E-state index >= 15 is 0 Å². The van der Waals surface area contributed by atoms with Crippen LogP contribution in [0.1, 0.15) is 21.7 Å². The van der Waals surface area contributed by atoms with Crippen LogP contribution in [-0.4, -0.2) is 22.0 Å². The Balaban J connectivity index is 1.56. The molecule has 29 heavy (non-hydrogen) atoms. The lowest BCUT2D eigenvalue weighted by Crippen LogP contribution is -2.28. The molecule has 0 N–H and O–H groups in total. The summed E-state index contributed by atoms with van der Waals surface area (Å²) in [7, 11) is 0. The molecule has 6 heteroatoms. The predicted octanol–water partition coefficient (Wildman–Crippen LogP) is 4.82. The van der Waals surface area contributed by atoms with Crippen molar-refractivity contribution in [3.8, 4) is 5.69 Å². The molecule has 1 amide bonds. The van der Waals surface area contributed by atoms with Crippen molar-refractivity contribution < 1.29 is 13.6 Å². The molecule has 1 aromatic heterocycles. The van der Waals surface area contributed by atoms with Gasteiger partial charge in [-0.25, -0.2) is 13.8 Å². The highest BCUT2D eigenvalue weighted by Gasteiger charge is 2.25. The molecule has 0 atom stereocenters.